The number of non-ortho nitro benzene ring substituents is 1. The molecule has 0 radical (unpaired) electrons. The Bertz CT molecular complexity index is 915. The maximum Gasteiger partial charge on any atom is 0.273 e. The molecule has 0 aromatic heterocycles. The lowest BCUT2D eigenvalue weighted by Gasteiger charge is -2.41. The van der Waals surface area contributed by atoms with Crippen LogP contribution in [0.2, 0.25) is 0 Å². The van der Waals surface area contributed by atoms with Crippen molar-refractivity contribution in [3.8, 4) is 5.75 Å². The molecule has 1 aliphatic heterocycles. The zero-order valence-electron chi connectivity index (χ0n) is 15.5. The van der Waals surface area contributed by atoms with E-state index in [4.69, 9.17) is 16.2 Å². The van der Waals surface area contributed by atoms with E-state index in [2.05, 4.69) is 9.98 Å². The Morgan fingerprint density at radius 1 is 1.18 bits per heavy atom. The number of hydrogen-bond acceptors (Lipinski definition) is 8. The average molecular weight is 382 g/mol. The number of nitrogens with two attached hydrogens (primary N) is 2. The summed E-state index contributed by atoms with van der Waals surface area (Å²) in [4.78, 5) is 20.9. The second-order valence-corrected chi connectivity index (χ2v) is 6.53. The fraction of sp³-hybridized carbons (Fsp3) is 0.263. The number of nitrogens with zero attached hydrogens (tertiary/aromatic N) is 4. The molecule has 1 atom stereocenters. The lowest BCUT2D eigenvalue weighted by molar-refractivity contribution is -0.384. The molecule has 9 heteroatoms. The van der Waals surface area contributed by atoms with E-state index in [1.54, 1.807) is 12.1 Å². The smallest absolute Gasteiger partial charge is 0.273 e. The van der Waals surface area contributed by atoms with Gasteiger partial charge in [0.05, 0.1) is 17.6 Å². The molecular formula is C19H22N6O3. The van der Waals surface area contributed by atoms with Crippen molar-refractivity contribution in [2.75, 3.05) is 11.5 Å². The summed E-state index contributed by atoms with van der Waals surface area (Å²) in [7, 11) is 0. The van der Waals surface area contributed by atoms with Crippen molar-refractivity contribution in [1.29, 1.82) is 0 Å². The second-order valence-electron chi connectivity index (χ2n) is 6.53. The van der Waals surface area contributed by atoms with Crippen molar-refractivity contribution in [3.63, 3.8) is 0 Å². The van der Waals surface area contributed by atoms with Crippen molar-refractivity contribution >= 4 is 23.3 Å². The van der Waals surface area contributed by atoms with E-state index in [-0.39, 0.29) is 17.6 Å². The van der Waals surface area contributed by atoms with Crippen LogP contribution in [0.5, 0.6) is 5.75 Å². The van der Waals surface area contributed by atoms with Crippen molar-refractivity contribution < 1.29 is 9.66 Å². The predicted octanol–water partition coefficient (Wildman–Crippen LogP) is 2.62. The van der Waals surface area contributed by atoms with Gasteiger partial charge in [-0.3, -0.25) is 15.0 Å². The Labute approximate surface area is 162 Å². The molecule has 9 nitrogen and oxygen atoms in total. The largest absolute Gasteiger partial charge is 0.493 e. The van der Waals surface area contributed by atoms with Crippen LogP contribution >= 0.6 is 0 Å². The molecule has 0 spiro atoms. The van der Waals surface area contributed by atoms with Crippen LogP contribution in [0.25, 0.3) is 0 Å². The summed E-state index contributed by atoms with van der Waals surface area (Å²) in [5.74, 6) is 0.861. The van der Waals surface area contributed by atoms with Gasteiger partial charge in [-0.25, -0.2) is 4.99 Å². The Hall–Kier alpha value is -3.62. The monoisotopic (exact) mass is 382 g/mol. The molecule has 1 heterocycles. The summed E-state index contributed by atoms with van der Waals surface area (Å²) in [6, 6.07) is 15.7. The maximum atomic E-state index is 10.9. The van der Waals surface area contributed by atoms with Crippen LogP contribution < -0.4 is 21.1 Å². The fourth-order valence-corrected chi connectivity index (χ4v) is 3.18. The topological polar surface area (TPSA) is 132 Å². The van der Waals surface area contributed by atoms with Gasteiger partial charge in [-0.1, -0.05) is 24.3 Å². The molecule has 4 N–H and O–H groups in total. The van der Waals surface area contributed by atoms with Crippen molar-refractivity contribution in [2.45, 2.75) is 25.4 Å². The highest BCUT2D eigenvalue weighted by Gasteiger charge is 2.37. The molecule has 3 rings (SSSR count). The number of hydrogen-bond donors (Lipinski definition) is 2. The first-order chi connectivity index (χ1) is 13.4. The molecule has 1 aliphatic rings. The summed E-state index contributed by atoms with van der Waals surface area (Å²) in [5, 5.41) is 10.9. The minimum atomic E-state index is -0.719. The molecule has 0 amide bonds. The third-order valence-corrected chi connectivity index (χ3v) is 4.40. The van der Waals surface area contributed by atoms with Crippen LogP contribution in [0.1, 0.15) is 19.8 Å². The van der Waals surface area contributed by atoms with Gasteiger partial charge in [0.1, 0.15) is 11.4 Å². The molecule has 0 bridgehead atoms. The molecule has 0 saturated carbocycles. The van der Waals surface area contributed by atoms with E-state index in [1.165, 1.54) is 12.1 Å². The number of nitro benzene ring substituents is 1. The van der Waals surface area contributed by atoms with Gasteiger partial charge in [-0.05, 0) is 38.0 Å². The molecule has 2 aromatic rings. The van der Waals surface area contributed by atoms with Gasteiger partial charge in [0, 0.05) is 11.8 Å². The summed E-state index contributed by atoms with van der Waals surface area (Å²) in [5.41, 5.74) is 12.1. The molecule has 28 heavy (non-hydrogen) atoms. The zero-order chi connectivity index (χ0) is 20.1. The highest BCUT2D eigenvalue weighted by molar-refractivity contribution is 6.05. The minimum Gasteiger partial charge on any atom is -0.493 e. The first-order valence-corrected chi connectivity index (χ1v) is 8.81. The van der Waals surface area contributed by atoms with Crippen molar-refractivity contribution in [3.05, 3.63) is 64.7 Å². The highest BCUT2D eigenvalue weighted by atomic mass is 16.6. The quantitative estimate of drug-likeness (QED) is 0.430. The SMILES string of the molecule is CC1(CCCOc2cccc([N+](=O)[O-])c2)N=C(N)N=C(N)N1c1ccccc1. The molecule has 146 valence electrons. The Kier molecular flexibility index (Phi) is 5.44. The van der Waals surface area contributed by atoms with Gasteiger partial charge in [-0.15, -0.1) is 0 Å². The molecule has 2 aromatic carbocycles. The van der Waals surface area contributed by atoms with Gasteiger partial charge in [0.2, 0.25) is 11.9 Å². The normalized spacial score (nSPS) is 19.0. The number of aliphatic imine (C=N–C) groups is 2. The Balaban J connectivity index is 1.68. The van der Waals surface area contributed by atoms with Crippen LogP contribution in [0.15, 0.2) is 64.6 Å². The van der Waals surface area contributed by atoms with Gasteiger partial charge < -0.3 is 16.2 Å². The lowest BCUT2D eigenvalue weighted by Crippen LogP contribution is -2.56. The number of ether oxygens (including phenoxy) is 1. The molecule has 0 aliphatic carbocycles. The minimum absolute atomic E-state index is 0.00615. The summed E-state index contributed by atoms with van der Waals surface area (Å²) in [6.45, 7) is 2.30. The molecule has 0 saturated heterocycles. The molecular weight excluding hydrogens is 360 g/mol. The summed E-state index contributed by atoms with van der Waals surface area (Å²) in [6.07, 6.45) is 1.22. The molecule has 0 fully saturated rings. The van der Waals surface area contributed by atoms with Gasteiger partial charge in [-0.2, -0.15) is 4.99 Å². The van der Waals surface area contributed by atoms with Crippen molar-refractivity contribution in [1.82, 2.24) is 0 Å². The lowest BCUT2D eigenvalue weighted by atomic mass is 10.0. The van der Waals surface area contributed by atoms with E-state index in [0.717, 1.165) is 5.69 Å². The van der Waals surface area contributed by atoms with E-state index >= 15 is 0 Å². The number of para-hydroxylation sites is 1. The van der Waals surface area contributed by atoms with Crippen LogP contribution in [0.4, 0.5) is 11.4 Å². The van der Waals surface area contributed by atoms with Gasteiger partial charge in [0.25, 0.3) is 5.69 Å². The fourth-order valence-electron chi connectivity index (χ4n) is 3.18. The first kappa shape index (κ1) is 19.2. The summed E-state index contributed by atoms with van der Waals surface area (Å²) >= 11 is 0. The van der Waals surface area contributed by atoms with Gasteiger partial charge in [0.15, 0.2) is 0 Å². The van der Waals surface area contributed by atoms with E-state index in [9.17, 15) is 10.1 Å². The zero-order valence-corrected chi connectivity index (χ0v) is 15.5. The predicted molar refractivity (Wildman–Crippen MR) is 108 cm³/mol. The number of benzene rings is 2. The Morgan fingerprint density at radius 3 is 2.64 bits per heavy atom. The summed E-state index contributed by atoms with van der Waals surface area (Å²) < 4.78 is 5.66. The second kappa shape index (κ2) is 7.95. The van der Waals surface area contributed by atoms with E-state index < -0.39 is 10.6 Å². The van der Waals surface area contributed by atoms with Crippen LogP contribution in [0.3, 0.4) is 0 Å². The maximum absolute atomic E-state index is 10.9. The number of rotatable bonds is 7. The first-order valence-electron chi connectivity index (χ1n) is 8.81. The third-order valence-electron chi connectivity index (χ3n) is 4.40. The average Bonchev–Trinajstić information content (AvgIpc) is 2.65. The Morgan fingerprint density at radius 2 is 1.93 bits per heavy atom. The number of nitro groups is 1. The van der Waals surface area contributed by atoms with Crippen LogP contribution in [-0.4, -0.2) is 29.1 Å². The standard InChI is InChI=1S/C19H22N6O3/c1-19(11-6-12-28-16-10-5-9-15(13-16)25(26)27)23-17(20)22-18(21)24(19)14-7-3-2-4-8-14/h2-5,7-10,13H,6,11-12H2,1H3,(H4,20,21,22,23). The third kappa shape index (κ3) is 4.20. The van der Waals surface area contributed by atoms with Gasteiger partial charge >= 0.3 is 0 Å². The molecule has 1 unspecified atom stereocenters. The number of anilines is 1. The van der Waals surface area contributed by atoms with E-state index in [1.807, 2.05) is 42.2 Å². The highest BCUT2D eigenvalue weighted by Crippen LogP contribution is 2.31. The van der Waals surface area contributed by atoms with Crippen molar-refractivity contribution in [2.24, 2.45) is 21.5 Å². The van der Waals surface area contributed by atoms with Crippen LogP contribution in [0, 0.1) is 10.1 Å². The van der Waals surface area contributed by atoms with E-state index in [0.29, 0.717) is 25.2 Å². The van der Waals surface area contributed by atoms with Crippen LogP contribution in [-0.2, 0) is 0 Å². The number of guanidine groups is 2.